The van der Waals surface area contributed by atoms with E-state index in [-0.39, 0.29) is 11.3 Å². The van der Waals surface area contributed by atoms with Crippen LogP contribution in [-0.2, 0) is 10.2 Å². The minimum Gasteiger partial charge on any atom is -0.313 e. The third kappa shape index (κ3) is 1.55. The van der Waals surface area contributed by atoms with Gasteiger partial charge in [0.1, 0.15) is 4.75 Å². The highest BCUT2D eigenvalue weighted by Crippen LogP contribution is 2.70. The van der Waals surface area contributed by atoms with Gasteiger partial charge in [-0.2, -0.15) is 0 Å². The van der Waals surface area contributed by atoms with Crippen molar-refractivity contribution in [1.29, 1.82) is 0 Å². The molecule has 4 rings (SSSR count). The van der Waals surface area contributed by atoms with E-state index in [1.165, 1.54) is 10.5 Å². The molecular weight excluding hydrogens is 290 g/mol. The number of anilines is 1. The molecule has 0 radical (unpaired) electrons. The smallest absolute Gasteiger partial charge is 0.244 e. The van der Waals surface area contributed by atoms with Crippen LogP contribution in [0.15, 0.2) is 72.1 Å². The molecule has 3 heteroatoms. The number of nitrogens with zero attached hydrogens (tertiary/aromatic N) is 1. The Kier molecular flexibility index (Phi) is 2.79. The molecule has 2 aliphatic rings. The fourth-order valence-electron chi connectivity index (χ4n) is 3.60. The van der Waals surface area contributed by atoms with Crippen molar-refractivity contribution in [2.75, 3.05) is 11.9 Å². The van der Waals surface area contributed by atoms with Crippen LogP contribution in [0.5, 0.6) is 0 Å². The Labute approximate surface area is 134 Å². The van der Waals surface area contributed by atoms with E-state index in [1.54, 1.807) is 16.7 Å². The first-order chi connectivity index (χ1) is 10.6. The first-order valence-corrected chi connectivity index (χ1v) is 8.22. The van der Waals surface area contributed by atoms with Gasteiger partial charge >= 0.3 is 0 Å². The lowest BCUT2D eigenvalue weighted by Gasteiger charge is -2.34. The Bertz CT molecular complexity index is 772. The van der Waals surface area contributed by atoms with Gasteiger partial charge in [0.25, 0.3) is 0 Å². The molecule has 0 N–H and O–H groups in total. The lowest BCUT2D eigenvalue weighted by atomic mass is 9.92. The van der Waals surface area contributed by atoms with Crippen molar-refractivity contribution >= 4 is 23.4 Å². The highest BCUT2D eigenvalue weighted by Gasteiger charge is 2.73. The molecule has 2 aromatic rings. The van der Waals surface area contributed by atoms with Crippen molar-refractivity contribution in [1.82, 2.24) is 0 Å². The normalized spacial score (nSPS) is 29.3. The van der Waals surface area contributed by atoms with Gasteiger partial charge in [-0.05, 0) is 24.1 Å². The molecule has 1 amide bonds. The number of amides is 1. The van der Waals surface area contributed by atoms with E-state index in [0.717, 1.165) is 12.1 Å². The van der Waals surface area contributed by atoms with Crippen LogP contribution in [0.1, 0.15) is 12.0 Å². The fraction of sp³-hybridized carbons (Fsp3) is 0.211. The summed E-state index contributed by atoms with van der Waals surface area (Å²) in [5.74, 6) is 0.181. The van der Waals surface area contributed by atoms with Gasteiger partial charge in [0.15, 0.2) is 0 Å². The maximum atomic E-state index is 13.1. The van der Waals surface area contributed by atoms with Gasteiger partial charge in [0, 0.05) is 17.4 Å². The van der Waals surface area contributed by atoms with Crippen molar-refractivity contribution in [3.63, 3.8) is 0 Å². The number of carbonyl (C=O) groups is 1. The predicted octanol–water partition coefficient (Wildman–Crippen LogP) is 4.02. The van der Waals surface area contributed by atoms with Gasteiger partial charge in [-0.15, -0.1) is 18.3 Å². The maximum absolute atomic E-state index is 13.1. The maximum Gasteiger partial charge on any atom is 0.244 e. The molecule has 1 spiro atoms. The van der Waals surface area contributed by atoms with Crippen LogP contribution in [0.2, 0.25) is 0 Å². The summed E-state index contributed by atoms with van der Waals surface area (Å²) in [5, 5.41) is 0. The first kappa shape index (κ1) is 13.6. The van der Waals surface area contributed by atoms with Crippen molar-refractivity contribution in [3.8, 4) is 0 Å². The van der Waals surface area contributed by atoms with Gasteiger partial charge in [-0.1, -0.05) is 48.5 Å². The van der Waals surface area contributed by atoms with Crippen LogP contribution in [0.4, 0.5) is 5.69 Å². The number of hydrogen-bond acceptors (Lipinski definition) is 2. The largest absolute Gasteiger partial charge is 0.313 e. The Balaban J connectivity index is 1.84. The standard InChI is InChI=1S/C19H17NOS/c1-3-18(14-9-5-4-6-10-14)13-19(18)17(21)20(2)15-11-7-8-12-16(15)22-19/h3-12H,1,13H2,2H3/t18-,19-/m1/s1. The van der Waals surface area contributed by atoms with Crippen molar-refractivity contribution in [2.24, 2.45) is 0 Å². The molecule has 2 aromatic carbocycles. The number of fused-ring (bicyclic) bond motifs is 1. The molecule has 22 heavy (non-hydrogen) atoms. The van der Waals surface area contributed by atoms with Crippen LogP contribution in [0.25, 0.3) is 0 Å². The number of benzene rings is 2. The molecule has 2 nitrogen and oxygen atoms in total. The molecule has 0 bridgehead atoms. The van der Waals surface area contributed by atoms with Gasteiger partial charge in [-0.3, -0.25) is 4.79 Å². The molecule has 1 saturated carbocycles. The number of thioether (sulfide) groups is 1. The molecule has 1 aliphatic heterocycles. The van der Waals surface area contributed by atoms with Gasteiger partial charge < -0.3 is 4.90 Å². The third-order valence-electron chi connectivity index (χ3n) is 4.92. The van der Waals surface area contributed by atoms with E-state index in [0.29, 0.717) is 0 Å². The van der Waals surface area contributed by atoms with E-state index < -0.39 is 4.75 Å². The number of para-hydroxylation sites is 1. The minimum absolute atomic E-state index is 0.181. The average molecular weight is 307 g/mol. The van der Waals surface area contributed by atoms with Crippen molar-refractivity contribution < 1.29 is 4.79 Å². The SMILES string of the molecule is C=C[C@]1(c2ccccc2)C[C@]12Sc1ccccc1N(C)C2=O. The molecule has 0 unspecified atom stereocenters. The Morgan fingerprint density at radius 3 is 2.55 bits per heavy atom. The summed E-state index contributed by atoms with van der Waals surface area (Å²) in [6.07, 6.45) is 2.78. The topological polar surface area (TPSA) is 20.3 Å². The van der Waals surface area contributed by atoms with Crippen molar-refractivity contribution in [3.05, 3.63) is 72.8 Å². The molecule has 1 fully saturated rings. The summed E-state index contributed by atoms with van der Waals surface area (Å²) in [4.78, 5) is 16.1. The second kappa shape index (κ2) is 4.50. The summed E-state index contributed by atoms with van der Waals surface area (Å²) in [5.41, 5.74) is 1.91. The van der Waals surface area contributed by atoms with Crippen LogP contribution in [-0.4, -0.2) is 17.7 Å². The number of rotatable bonds is 2. The number of carbonyl (C=O) groups excluding carboxylic acids is 1. The third-order valence-corrected chi connectivity index (χ3v) is 6.52. The second-order valence-corrected chi connectivity index (χ2v) is 7.32. The summed E-state index contributed by atoms with van der Waals surface area (Å²) in [6.45, 7) is 4.05. The average Bonchev–Trinajstić information content (AvgIpc) is 3.23. The van der Waals surface area contributed by atoms with Gasteiger partial charge in [0.2, 0.25) is 5.91 Å². The molecule has 0 saturated heterocycles. The van der Waals surface area contributed by atoms with Crippen LogP contribution in [0.3, 0.4) is 0 Å². The molecule has 1 aliphatic carbocycles. The zero-order valence-corrected chi connectivity index (χ0v) is 13.3. The second-order valence-electron chi connectivity index (χ2n) is 5.98. The Hall–Kier alpha value is -2.00. The van der Waals surface area contributed by atoms with Gasteiger partial charge in [-0.25, -0.2) is 0 Å². The molecule has 2 atom stereocenters. The summed E-state index contributed by atoms with van der Waals surface area (Å²) in [7, 11) is 1.87. The highest BCUT2D eigenvalue weighted by atomic mass is 32.2. The summed E-state index contributed by atoms with van der Waals surface area (Å²) >= 11 is 1.70. The molecule has 0 aromatic heterocycles. The van der Waals surface area contributed by atoms with Crippen LogP contribution >= 0.6 is 11.8 Å². The van der Waals surface area contributed by atoms with Crippen LogP contribution < -0.4 is 4.90 Å². The highest BCUT2D eigenvalue weighted by molar-refractivity contribution is 8.02. The quantitative estimate of drug-likeness (QED) is 0.781. The molecule has 110 valence electrons. The van der Waals surface area contributed by atoms with E-state index in [2.05, 4.69) is 24.8 Å². The number of hydrogen-bond donors (Lipinski definition) is 0. The Morgan fingerprint density at radius 2 is 1.82 bits per heavy atom. The van der Waals surface area contributed by atoms with Crippen LogP contribution in [0, 0.1) is 0 Å². The predicted molar refractivity (Wildman–Crippen MR) is 91.4 cm³/mol. The van der Waals surface area contributed by atoms with Crippen molar-refractivity contribution in [2.45, 2.75) is 21.5 Å². The van der Waals surface area contributed by atoms with E-state index in [1.807, 2.05) is 49.5 Å². The molecular formula is C19H17NOS. The molecule has 1 heterocycles. The zero-order chi connectivity index (χ0) is 15.4. The Morgan fingerprint density at radius 1 is 1.14 bits per heavy atom. The van der Waals surface area contributed by atoms with E-state index in [4.69, 9.17) is 0 Å². The summed E-state index contributed by atoms with van der Waals surface area (Å²) in [6, 6.07) is 18.4. The van der Waals surface area contributed by atoms with E-state index >= 15 is 0 Å². The minimum atomic E-state index is -0.445. The summed E-state index contributed by atoms with van der Waals surface area (Å²) < 4.78 is -0.445. The lowest BCUT2D eigenvalue weighted by molar-refractivity contribution is -0.118. The number of allylic oxidation sites excluding steroid dienone is 1. The fourth-order valence-corrected chi connectivity index (χ4v) is 5.34. The monoisotopic (exact) mass is 307 g/mol. The van der Waals surface area contributed by atoms with E-state index in [9.17, 15) is 4.79 Å². The first-order valence-electron chi connectivity index (χ1n) is 7.40. The lowest BCUT2D eigenvalue weighted by Crippen LogP contribution is -2.43. The zero-order valence-electron chi connectivity index (χ0n) is 12.5. The van der Waals surface area contributed by atoms with Gasteiger partial charge in [0.05, 0.1) is 5.69 Å².